The number of thioether (sulfide) groups is 1. The first-order valence-corrected chi connectivity index (χ1v) is 12.5. The number of amides is 1. The average molecular weight is 530 g/mol. The molecule has 2 aromatic carbocycles. The van der Waals surface area contributed by atoms with Crippen LogP contribution in [0.1, 0.15) is 22.9 Å². The van der Waals surface area contributed by atoms with Gasteiger partial charge in [-0.25, -0.2) is 0 Å². The first-order chi connectivity index (χ1) is 15.2. The van der Waals surface area contributed by atoms with Gasteiger partial charge < -0.3 is 9.64 Å². The molecule has 0 saturated carbocycles. The number of ether oxygens (including phenoxy) is 1. The third-order valence-electron chi connectivity index (χ3n) is 4.81. The van der Waals surface area contributed by atoms with E-state index in [9.17, 15) is 4.79 Å². The van der Waals surface area contributed by atoms with E-state index in [0.29, 0.717) is 31.0 Å². The van der Waals surface area contributed by atoms with Crippen molar-refractivity contribution in [3.63, 3.8) is 0 Å². The smallest absolute Gasteiger partial charge is 0.242 e. The number of nitrogens with zero attached hydrogens (tertiary/aromatic N) is 4. The van der Waals surface area contributed by atoms with Crippen molar-refractivity contribution in [1.82, 2.24) is 10.2 Å². The summed E-state index contributed by atoms with van der Waals surface area (Å²) < 4.78 is 5.75. The standard InChI is InChI=1S/C21H19Cl3N4O2S2/c1-11-19(29)28(20(31-11)12-4-6-14(7-5-12)27(2)3)21-26-25-17(32-21)10-30-18-15(23)8-13(22)9-16(18)24/h4-9,11,20H,10H2,1-3H3. The van der Waals surface area contributed by atoms with Crippen molar-refractivity contribution in [2.75, 3.05) is 23.9 Å². The molecule has 1 aliphatic heterocycles. The Morgan fingerprint density at radius 1 is 1.09 bits per heavy atom. The molecule has 0 bridgehead atoms. The highest BCUT2D eigenvalue weighted by Crippen LogP contribution is 2.46. The molecular weight excluding hydrogens is 511 g/mol. The molecule has 2 heterocycles. The minimum absolute atomic E-state index is 0.00379. The maximum absolute atomic E-state index is 12.9. The van der Waals surface area contributed by atoms with Crippen LogP contribution in [0.3, 0.4) is 0 Å². The van der Waals surface area contributed by atoms with Crippen molar-refractivity contribution in [3.05, 3.63) is 62.0 Å². The number of hydrogen-bond donors (Lipinski definition) is 0. The van der Waals surface area contributed by atoms with Crippen molar-refractivity contribution in [2.45, 2.75) is 24.2 Å². The van der Waals surface area contributed by atoms with Gasteiger partial charge in [-0.1, -0.05) is 58.3 Å². The van der Waals surface area contributed by atoms with Crippen LogP contribution in [-0.2, 0) is 11.4 Å². The van der Waals surface area contributed by atoms with Gasteiger partial charge in [-0.15, -0.1) is 22.0 Å². The molecule has 1 fully saturated rings. The molecule has 4 rings (SSSR count). The molecule has 1 aliphatic rings. The first-order valence-electron chi connectivity index (χ1n) is 9.60. The van der Waals surface area contributed by atoms with Crippen LogP contribution in [0.25, 0.3) is 0 Å². The molecule has 2 unspecified atom stereocenters. The van der Waals surface area contributed by atoms with Gasteiger partial charge in [0, 0.05) is 24.8 Å². The second-order valence-corrected chi connectivity index (χ2v) is 11.0. The van der Waals surface area contributed by atoms with Gasteiger partial charge in [0.05, 0.1) is 15.3 Å². The summed E-state index contributed by atoms with van der Waals surface area (Å²) in [7, 11) is 3.99. The Hall–Kier alpha value is -1.71. The summed E-state index contributed by atoms with van der Waals surface area (Å²) in [5, 5.41) is 10.3. The molecular formula is C21H19Cl3N4O2S2. The SMILES string of the molecule is CC1SC(c2ccc(N(C)C)cc2)N(c2nnc(COc3c(Cl)cc(Cl)cc3Cl)s2)C1=O. The predicted octanol–water partition coefficient (Wildman–Crippen LogP) is 6.31. The Morgan fingerprint density at radius 3 is 2.38 bits per heavy atom. The fraction of sp³-hybridized carbons (Fsp3) is 0.286. The molecule has 1 saturated heterocycles. The molecule has 168 valence electrons. The van der Waals surface area contributed by atoms with Crippen LogP contribution in [0.15, 0.2) is 36.4 Å². The monoisotopic (exact) mass is 528 g/mol. The lowest BCUT2D eigenvalue weighted by atomic mass is 10.2. The third kappa shape index (κ3) is 4.79. The van der Waals surface area contributed by atoms with Gasteiger partial charge in [0.25, 0.3) is 0 Å². The minimum Gasteiger partial charge on any atom is -0.483 e. The lowest BCUT2D eigenvalue weighted by Crippen LogP contribution is -2.30. The highest BCUT2D eigenvalue weighted by molar-refractivity contribution is 8.01. The summed E-state index contributed by atoms with van der Waals surface area (Å²) in [6.07, 6.45) is 0. The van der Waals surface area contributed by atoms with Gasteiger partial charge >= 0.3 is 0 Å². The van der Waals surface area contributed by atoms with E-state index in [4.69, 9.17) is 39.5 Å². The molecule has 1 amide bonds. The zero-order valence-corrected chi connectivity index (χ0v) is 21.3. The molecule has 0 aliphatic carbocycles. The number of halogens is 3. The van der Waals surface area contributed by atoms with Crippen LogP contribution in [0.4, 0.5) is 10.8 Å². The minimum atomic E-state index is -0.177. The molecule has 11 heteroatoms. The van der Waals surface area contributed by atoms with Gasteiger partial charge in [-0.2, -0.15) is 0 Å². The van der Waals surface area contributed by atoms with Gasteiger partial charge in [0.1, 0.15) is 12.0 Å². The van der Waals surface area contributed by atoms with Gasteiger partial charge in [-0.3, -0.25) is 9.69 Å². The lowest BCUT2D eigenvalue weighted by molar-refractivity contribution is -0.117. The van der Waals surface area contributed by atoms with E-state index in [1.807, 2.05) is 50.2 Å². The Morgan fingerprint density at radius 2 is 1.75 bits per heavy atom. The number of rotatable bonds is 6. The molecule has 6 nitrogen and oxygen atoms in total. The number of carbonyl (C=O) groups excluding carboxylic acids is 1. The number of aromatic nitrogens is 2. The summed E-state index contributed by atoms with van der Waals surface area (Å²) in [6, 6.07) is 11.3. The second-order valence-electron chi connectivity index (χ2n) is 7.29. The molecule has 0 radical (unpaired) electrons. The largest absolute Gasteiger partial charge is 0.483 e. The zero-order chi connectivity index (χ0) is 23.0. The molecule has 2 atom stereocenters. The molecule has 1 aromatic heterocycles. The zero-order valence-electron chi connectivity index (χ0n) is 17.4. The summed E-state index contributed by atoms with van der Waals surface area (Å²) in [6.45, 7) is 2.02. The third-order valence-corrected chi connectivity index (χ3v) is 7.84. The van der Waals surface area contributed by atoms with Crippen LogP contribution in [0, 0.1) is 0 Å². The van der Waals surface area contributed by atoms with E-state index in [-0.39, 0.29) is 23.1 Å². The molecule has 0 spiro atoms. The van der Waals surface area contributed by atoms with Crippen LogP contribution in [-0.4, -0.2) is 35.4 Å². The van der Waals surface area contributed by atoms with Crippen LogP contribution in [0.5, 0.6) is 5.75 Å². The van der Waals surface area contributed by atoms with Gasteiger partial charge in [-0.05, 0) is 36.8 Å². The Labute approximate surface area is 209 Å². The Kier molecular flexibility index (Phi) is 7.07. The fourth-order valence-electron chi connectivity index (χ4n) is 3.18. The van der Waals surface area contributed by atoms with E-state index in [1.54, 1.807) is 28.8 Å². The average Bonchev–Trinajstić information content (AvgIpc) is 3.31. The van der Waals surface area contributed by atoms with Crippen LogP contribution < -0.4 is 14.5 Å². The Balaban J connectivity index is 1.54. The fourth-order valence-corrected chi connectivity index (χ4v) is 6.22. The van der Waals surface area contributed by atoms with Crippen molar-refractivity contribution < 1.29 is 9.53 Å². The number of carbonyl (C=O) groups is 1. The lowest BCUT2D eigenvalue weighted by Gasteiger charge is -2.21. The van der Waals surface area contributed by atoms with E-state index < -0.39 is 0 Å². The summed E-state index contributed by atoms with van der Waals surface area (Å²) in [5.41, 5.74) is 2.13. The van der Waals surface area contributed by atoms with Crippen LogP contribution >= 0.6 is 57.9 Å². The number of anilines is 2. The number of benzene rings is 2. The van der Waals surface area contributed by atoms with E-state index in [1.165, 1.54) is 11.3 Å². The first kappa shape index (κ1) is 23.4. The van der Waals surface area contributed by atoms with Crippen molar-refractivity contribution >= 4 is 74.6 Å². The maximum Gasteiger partial charge on any atom is 0.242 e. The highest BCUT2D eigenvalue weighted by Gasteiger charge is 2.41. The summed E-state index contributed by atoms with van der Waals surface area (Å²) >= 11 is 21.2. The normalized spacial score (nSPS) is 18.3. The topological polar surface area (TPSA) is 58.6 Å². The molecule has 0 N–H and O–H groups in total. The Bertz CT molecular complexity index is 1120. The van der Waals surface area contributed by atoms with Crippen LogP contribution in [0.2, 0.25) is 15.1 Å². The van der Waals surface area contributed by atoms with E-state index in [2.05, 4.69) is 10.2 Å². The van der Waals surface area contributed by atoms with E-state index >= 15 is 0 Å². The van der Waals surface area contributed by atoms with Gasteiger partial charge in [0.2, 0.25) is 11.0 Å². The van der Waals surface area contributed by atoms with Gasteiger partial charge in [0.15, 0.2) is 10.8 Å². The highest BCUT2D eigenvalue weighted by atomic mass is 35.5. The van der Waals surface area contributed by atoms with E-state index in [0.717, 1.165) is 11.3 Å². The predicted molar refractivity (Wildman–Crippen MR) is 134 cm³/mol. The molecule has 3 aromatic rings. The van der Waals surface area contributed by atoms with Crippen molar-refractivity contribution in [1.29, 1.82) is 0 Å². The molecule has 32 heavy (non-hydrogen) atoms. The maximum atomic E-state index is 12.9. The summed E-state index contributed by atoms with van der Waals surface area (Å²) in [4.78, 5) is 16.7. The number of hydrogen-bond acceptors (Lipinski definition) is 7. The quantitative estimate of drug-likeness (QED) is 0.373. The summed E-state index contributed by atoms with van der Waals surface area (Å²) in [5.74, 6) is 0.332. The second kappa shape index (κ2) is 9.65. The van der Waals surface area contributed by atoms with Crippen molar-refractivity contribution in [2.24, 2.45) is 0 Å². The van der Waals surface area contributed by atoms with Crippen molar-refractivity contribution in [3.8, 4) is 5.75 Å².